The van der Waals surface area contributed by atoms with Gasteiger partial charge in [-0.25, -0.2) is 0 Å². The van der Waals surface area contributed by atoms with Gasteiger partial charge in [0.2, 0.25) is 17.7 Å². The number of Topliss-reactive ketones (excluding diaryl/α,β-unsaturated/α-hetero) is 1. The molecular formula is C21H30ClN3O4. The van der Waals surface area contributed by atoms with Crippen LogP contribution in [0, 0.1) is 17.8 Å². The van der Waals surface area contributed by atoms with E-state index < -0.39 is 41.5 Å². The minimum atomic E-state index is -1.07. The van der Waals surface area contributed by atoms with Crippen molar-refractivity contribution >= 4 is 35.9 Å². The predicted molar refractivity (Wildman–Crippen MR) is 112 cm³/mol. The van der Waals surface area contributed by atoms with Crippen molar-refractivity contribution in [2.24, 2.45) is 23.5 Å². The van der Waals surface area contributed by atoms with Crippen LogP contribution in [0.4, 0.5) is 0 Å². The maximum Gasteiger partial charge on any atom is 0.238 e. The van der Waals surface area contributed by atoms with Crippen molar-refractivity contribution in [2.75, 3.05) is 0 Å². The Morgan fingerprint density at radius 2 is 1.69 bits per heavy atom. The van der Waals surface area contributed by atoms with E-state index in [0.29, 0.717) is 12.8 Å². The molecule has 160 valence electrons. The first kappa shape index (κ1) is 24.8. The number of carbonyl (C=O) groups excluding carboxylic acids is 4. The molecule has 0 aliphatic carbocycles. The van der Waals surface area contributed by atoms with Crippen LogP contribution < -0.4 is 16.4 Å². The van der Waals surface area contributed by atoms with Crippen molar-refractivity contribution in [3.05, 3.63) is 35.9 Å². The number of hydrogen-bond donors (Lipinski definition) is 3. The van der Waals surface area contributed by atoms with Crippen LogP contribution in [0.5, 0.6) is 0 Å². The maximum absolute atomic E-state index is 13.1. The molecule has 8 heteroatoms. The molecular weight excluding hydrogens is 394 g/mol. The molecule has 4 N–H and O–H groups in total. The Labute approximate surface area is 177 Å². The van der Waals surface area contributed by atoms with Crippen LogP contribution in [0.15, 0.2) is 30.3 Å². The molecule has 0 aromatic heterocycles. The van der Waals surface area contributed by atoms with Crippen LogP contribution in [0.25, 0.3) is 0 Å². The number of carbonyl (C=O) groups is 4. The van der Waals surface area contributed by atoms with Crippen LogP contribution in [-0.2, 0) is 19.2 Å². The lowest BCUT2D eigenvalue weighted by Crippen LogP contribution is -2.50. The molecule has 7 nitrogen and oxygen atoms in total. The number of hydrogen-bond acceptors (Lipinski definition) is 5. The van der Waals surface area contributed by atoms with Crippen LogP contribution in [0.1, 0.15) is 51.6 Å². The third-order valence-electron chi connectivity index (χ3n) is 5.53. The summed E-state index contributed by atoms with van der Waals surface area (Å²) < 4.78 is 0. The zero-order valence-corrected chi connectivity index (χ0v) is 17.8. The molecule has 1 aromatic rings. The van der Waals surface area contributed by atoms with E-state index in [2.05, 4.69) is 10.6 Å². The van der Waals surface area contributed by atoms with Gasteiger partial charge in [-0.15, -0.1) is 12.4 Å². The summed E-state index contributed by atoms with van der Waals surface area (Å²) in [5, 5.41) is 5.00. The Bertz CT molecular complexity index is 737. The fourth-order valence-electron chi connectivity index (χ4n) is 3.69. The van der Waals surface area contributed by atoms with Gasteiger partial charge in [0.25, 0.3) is 0 Å². The molecule has 4 atom stereocenters. The van der Waals surface area contributed by atoms with Gasteiger partial charge in [0, 0.05) is 12.5 Å². The standard InChI is InChI=1S/C21H29N3O4.ClH/c1-4-13(5-2)18(19(26)17-12(3)20(27)24-21(17)28)23-16(25)11-15(22)14-9-7-6-8-10-14;/h6-10,12-13,15,17-18H,4-5,11,22H2,1-3H3,(H,23,25)(H,24,27,28);1H/t12-,15-,17+,18?;/m0./s1. The van der Waals surface area contributed by atoms with Crippen molar-refractivity contribution < 1.29 is 19.2 Å². The molecule has 0 spiro atoms. The van der Waals surface area contributed by atoms with Gasteiger partial charge in [-0.1, -0.05) is 63.9 Å². The Morgan fingerprint density at radius 3 is 2.17 bits per heavy atom. The average molecular weight is 424 g/mol. The summed E-state index contributed by atoms with van der Waals surface area (Å²) in [5.74, 6) is -3.73. The molecule has 3 amide bonds. The molecule has 1 unspecified atom stereocenters. The van der Waals surface area contributed by atoms with Crippen LogP contribution in [-0.4, -0.2) is 29.5 Å². The number of nitrogens with two attached hydrogens (primary N) is 1. The number of halogens is 1. The van der Waals surface area contributed by atoms with E-state index >= 15 is 0 Å². The zero-order valence-electron chi connectivity index (χ0n) is 17.0. The second kappa shape index (κ2) is 11.1. The van der Waals surface area contributed by atoms with Crippen LogP contribution >= 0.6 is 12.4 Å². The summed E-state index contributed by atoms with van der Waals surface area (Å²) in [6, 6.07) is 7.94. The minimum absolute atomic E-state index is 0. The monoisotopic (exact) mass is 423 g/mol. The molecule has 29 heavy (non-hydrogen) atoms. The number of benzene rings is 1. The highest BCUT2D eigenvalue weighted by Gasteiger charge is 2.46. The third kappa shape index (κ3) is 5.87. The molecule has 0 bridgehead atoms. The number of nitrogens with one attached hydrogen (secondary N) is 2. The van der Waals surface area contributed by atoms with Crippen molar-refractivity contribution in [1.29, 1.82) is 0 Å². The van der Waals surface area contributed by atoms with Crippen molar-refractivity contribution in [2.45, 2.75) is 52.1 Å². The van der Waals surface area contributed by atoms with Crippen LogP contribution in [0.2, 0.25) is 0 Å². The minimum Gasteiger partial charge on any atom is -0.346 e. The highest BCUT2D eigenvalue weighted by molar-refractivity contribution is 6.16. The van der Waals surface area contributed by atoms with Gasteiger partial charge in [0.05, 0.1) is 12.0 Å². The van der Waals surface area contributed by atoms with E-state index in [1.54, 1.807) is 6.92 Å². The van der Waals surface area contributed by atoms with Gasteiger partial charge in [-0.2, -0.15) is 0 Å². The molecule has 0 radical (unpaired) electrons. The summed E-state index contributed by atoms with van der Waals surface area (Å²) in [4.78, 5) is 49.6. The van der Waals surface area contributed by atoms with Gasteiger partial charge >= 0.3 is 0 Å². The molecule has 1 aromatic carbocycles. The fourth-order valence-corrected chi connectivity index (χ4v) is 3.69. The molecule has 0 saturated carbocycles. The average Bonchev–Trinajstić information content (AvgIpc) is 2.93. The quantitative estimate of drug-likeness (QED) is 0.414. The molecule has 1 aliphatic heterocycles. The first-order valence-electron chi connectivity index (χ1n) is 9.78. The van der Waals surface area contributed by atoms with Gasteiger partial charge < -0.3 is 11.1 Å². The van der Waals surface area contributed by atoms with E-state index in [9.17, 15) is 19.2 Å². The molecule has 1 saturated heterocycles. The summed E-state index contributed by atoms with van der Waals surface area (Å²) in [7, 11) is 0. The normalized spacial score (nSPS) is 20.6. The summed E-state index contributed by atoms with van der Waals surface area (Å²) in [6.07, 6.45) is 1.35. The van der Waals surface area contributed by atoms with Gasteiger partial charge in [0.1, 0.15) is 5.92 Å². The molecule has 1 fully saturated rings. The van der Waals surface area contributed by atoms with Gasteiger partial charge in [-0.3, -0.25) is 24.5 Å². The number of rotatable bonds is 9. The molecule has 1 aliphatic rings. The Kier molecular flexibility index (Phi) is 9.46. The smallest absolute Gasteiger partial charge is 0.238 e. The van der Waals surface area contributed by atoms with E-state index in [4.69, 9.17) is 5.73 Å². The fraction of sp³-hybridized carbons (Fsp3) is 0.524. The summed E-state index contributed by atoms with van der Waals surface area (Å²) in [6.45, 7) is 5.42. The van der Waals surface area contributed by atoms with E-state index in [1.807, 2.05) is 44.2 Å². The van der Waals surface area contributed by atoms with E-state index in [-0.39, 0.29) is 30.7 Å². The lowest BCUT2D eigenvalue weighted by atomic mass is 9.82. The van der Waals surface area contributed by atoms with Gasteiger partial charge in [0.15, 0.2) is 5.78 Å². The SMILES string of the molecule is CCC(CC)C(NC(=O)C[C@H](N)c1ccccc1)C(=O)[C@@H]1C(=O)NC(=O)[C@H]1C.Cl. The Balaban J connectivity index is 0.00000420. The second-order valence-electron chi connectivity index (χ2n) is 7.37. The molecule has 2 rings (SSSR count). The second-order valence-corrected chi connectivity index (χ2v) is 7.37. The first-order valence-corrected chi connectivity index (χ1v) is 9.78. The maximum atomic E-state index is 13.1. The summed E-state index contributed by atoms with van der Waals surface area (Å²) >= 11 is 0. The Morgan fingerprint density at radius 1 is 1.10 bits per heavy atom. The highest BCUT2D eigenvalue weighted by atomic mass is 35.5. The van der Waals surface area contributed by atoms with Crippen molar-refractivity contribution in [1.82, 2.24) is 10.6 Å². The number of ketones is 1. The number of amides is 3. The molecule has 1 heterocycles. The number of imide groups is 1. The topological polar surface area (TPSA) is 118 Å². The van der Waals surface area contributed by atoms with Crippen molar-refractivity contribution in [3.8, 4) is 0 Å². The van der Waals surface area contributed by atoms with E-state index in [1.165, 1.54) is 0 Å². The highest BCUT2D eigenvalue weighted by Crippen LogP contribution is 2.25. The van der Waals surface area contributed by atoms with E-state index in [0.717, 1.165) is 5.56 Å². The lowest BCUT2D eigenvalue weighted by molar-refractivity contribution is -0.137. The van der Waals surface area contributed by atoms with Crippen LogP contribution in [0.3, 0.4) is 0 Å². The largest absolute Gasteiger partial charge is 0.346 e. The predicted octanol–water partition coefficient (Wildman–Crippen LogP) is 1.90. The first-order chi connectivity index (χ1) is 13.3. The third-order valence-corrected chi connectivity index (χ3v) is 5.53. The van der Waals surface area contributed by atoms with Gasteiger partial charge in [-0.05, 0) is 11.5 Å². The lowest BCUT2D eigenvalue weighted by Gasteiger charge is -2.28. The zero-order chi connectivity index (χ0) is 20.8. The van der Waals surface area contributed by atoms with Crippen molar-refractivity contribution in [3.63, 3.8) is 0 Å². The Hall–Kier alpha value is -2.25. The summed E-state index contributed by atoms with van der Waals surface area (Å²) in [5.41, 5.74) is 6.95.